The molecule has 0 spiro atoms. The third-order valence-electron chi connectivity index (χ3n) is 5.65. The smallest absolute Gasteiger partial charge is 0.225 e. The van der Waals surface area contributed by atoms with Gasteiger partial charge in [-0.05, 0) is 67.5 Å². The monoisotopic (exact) mass is 398 g/mol. The second kappa shape index (κ2) is 7.95. The number of anilines is 2. The van der Waals surface area contributed by atoms with E-state index < -0.39 is 9.84 Å². The van der Waals surface area contributed by atoms with Gasteiger partial charge in [-0.1, -0.05) is 18.2 Å². The van der Waals surface area contributed by atoms with E-state index in [9.17, 15) is 13.2 Å². The number of carbonyl (C=O) groups is 1. The minimum Gasteiger partial charge on any atom is -0.370 e. The highest BCUT2D eigenvalue weighted by molar-refractivity contribution is 7.91. The lowest BCUT2D eigenvalue weighted by Gasteiger charge is -2.21. The van der Waals surface area contributed by atoms with Gasteiger partial charge < -0.3 is 10.2 Å². The fraction of sp³-hybridized carbons (Fsp3) is 0.409. The maximum Gasteiger partial charge on any atom is 0.225 e. The minimum atomic E-state index is -3.47. The summed E-state index contributed by atoms with van der Waals surface area (Å²) in [6.07, 6.45) is 5.30. The number of nitrogens with one attached hydrogen (secondary N) is 1. The van der Waals surface area contributed by atoms with Gasteiger partial charge in [0, 0.05) is 19.5 Å². The SMILES string of the molecule is O=C(CCS(=O)(=O)c1ccc2c(c1)CCC2)Nc1ccccc1N1CCCC1. The summed E-state index contributed by atoms with van der Waals surface area (Å²) in [5.74, 6) is -0.444. The molecule has 0 saturated carbocycles. The molecular formula is C22H26N2O3S. The summed E-state index contributed by atoms with van der Waals surface area (Å²) < 4.78 is 25.4. The van der Waals surface area contributed by atoms with Crippen LogP contribution in [-0.2, 0) is 27.5 Å². The van der Waals surface area contributed by atoms with E-state index in [2.05, 4.69) is 10.2 Å². The number of carbonyl (C=O) groups excluding carboxylic acids is 1. The molecular weight excluding hydrogens is 372 g/mol. The largest absolute Gasteiger partial charge is 0.370 e. The Bertz CT molecular complexity index is 979. The fourth-order valence-electron chi connectivity index (χ4n) is 4.11. The van der Waals surface area contributed by atoms with Crippen molar-refractivity contribution in [2.24, 2.45) is 0 Å². The molecule has 2 aromatic rings. The number of fused-ring (bicyclic) bond motifs is 1. The zero-order valence-electron chi connectivity index (χ0n) is 16.0. The second-order valence-corrected chi connectivity index (χ2v) is 9.72. The first-order chi connectivity index (χ1) is 13.5. The molecule has 0 bridgehead atoms. The van der Waals surface area contributed by atoms with Crippen molar-refractivity contribution in [2.45, 2.75) is 43.4 Å². The third-order valence-corrected chi connectivity index (χ3v) is 7.37. The van der Waals surface area contributed by atoms with Gasteiger partial charge in [0.25, 0.3) is 0 Å². The Morgan fingerprint density at radius 3 is 2.54 bits per heavy atom. The lowest BCUT2D eigenvalue weighted by atomic mass is 10.1. The molecule has 28 heavy (non-hydrogen) atoms. The minimum absolute atomic E-state index is 0.0479. The summed E-state index contributed by atoms with van der Waals surface area (Å²) in [5.41, 5.74) is 4.14. The van der Waals surface area contributed by atoms with Crippen LogP contribution >= 0.6 is 0 Å². The highest BCUT2D eigenvalue weighted by Gasteiger charge is 2.21. The van der Waals surface area contributed by atoms with Crippen LogP contribution < -0.4 is 10.2 Å². The van der Waals surface area contributed by atoms with E-state index in [1.165, 1.54) is 5.56 Å². The van der Waals surface area contributed by atoms with Gasteiger partial charge in [-0.15, -0.1) is 0 Å². The summed E-state index contributed by atoms with van der Waals surface area (Å²) in [7, 11) is -3.47. The molecule has 1 amide bonds. The molecule has 0 aromatic heterocycles. The Hall–Kier alpha value is -2.34. The number of nitrogens with zero attached hydrogens (tertiary/aromatic N) is 1. The zero-order chi connectivity index (χ0) is 19.6. The summed E-state index contributed by atoms with van der Waals surface area (Å²) >= 11 is 0. The van der Waals surface area contributed by atoms with E-state index >= 15 is 0 Å². The zero-order valence-corrected chi connectivity index (χ0v) is 16.8. The van der Waals surface area contributed by atoms with Crippen molar-refractivity contribution >= 4 is 27.1 Å². The Labute approximate surface area is 166 Å². The molecule has 6 heteroatoms. The number of hydrogen-bond donors (Lipinski definition) is 1. The molecule has 4 rings (SSSR count). The lowest BCUT2D eigenvalue weighted by molar-refractivity contribution is -0.115. The molecule has 1 N–H and O–H groups in total. The highest BCUT2D eigenvalue weighted by atomic mass is 32.2. The Kier molecular flexibility index (Phi) is 5.40. The fourth-order valence-corrected chi connectivity index (χ4v) is 5.40. The van der Waals surface area contributed by atoms with E-state index in [1.54, 1.807) is 12.1 Å². The molecule has 1 heterocycles. The molecule has 0 unspecified atom stereocenters. The van der Waals surface area contributed by atoms with Gasteiger partial charge in [0.05, 0.1) is 22.0 Å². The van der Waals surface area contributed by atoms with Crippen LogP contribution in [0.2, 0.25) is 0 Å². The standard InChI is InChI=1S/C22H26N2O3S/c25-22(23-20-8-1-2-9-21(20)24-13-3-4-14-24)12-15-28(26,27)19-11-10-17-6-5-7-18(17)16-19/h1-2,8-11,16H,3-7,12-15H2,(H,23,25). The average molecular weight is 399 g/mol. The first-order valence-electron chi connectivity index (χ1n) is 10.0. The van der Waals surface area contributed by atoms with Crippen molar-refractivity contribution in [3.63, 3.8) is 0 Å². The van der Waals surface area contributed by atoms with Crippen LogP contribution in [0.3, 0.4) is 0 Å². The van der Waals surface area contributed by atoms with Gasteiger partial charge in [0.15, 0.2) is 9.84 Å². The molecule has 148 valence electrons. The number of benzene rings is 2. The Balaban J connectivity index is 1.41. The van der Waals surface area contributed by atoms with Crippen LogP contribution in [0.25, 0.3) is 0 Å². The number of rotatable bonds is 6. The van der Waals surface area contributed by atoms with Crippen molar-refractivity contribution in [1.29, 1.82) is 0 Å². The Morgan fingerprint density at radius 2 is 1.71 bits per heavy atom. The van der Waals surface area contributed by atoms with Gasteiger partial charge >= 0.3 is 0 Å². The highest BCUT2D eigenvalue weighted by Crippen LogP contribution is 2.29. The van der Waals surface area contributed by atoms with E-state index in [0.29, 0.717) is 4.90 Å². The molecule has 0 atom stereocenters. The predicted octanol–water partition coefficient (Wildman–Crippen LogP) is 3.58. The number of para-hydroxylation sites is 2. The maximum absolute atomic E-state index is 12.7. The van der Waals surface area contributed by atoms with Gasteiger partial charge in [-0.3, -0.25) is 4.79 Å². The quantitative estimate of drug-likeness (QED) is 0.808. The van der Waals surface area contributed by atoms with Crippen LogP contribution in [0.1, 0.15) is 36.8 Å². The molecule has 1 aliphatic heterocycles. The first kappa shape index (κ1) is 19.0. The predicted molar refractivity (Wildman–Crippen MR) is 112 cm³/mol. The first-order valence-corrected chi connectivity index (χ1v) is 11.7. The van der Waals surface area contributed by atoms with Crippen molar-refractivity contribution in [2.75, 3.05) is 29.1 Å². The molecule has 1 fully saturated rings. The molecule has 2 aliphatic rings. The van der Waals surface area contributed by atoms with Crippen LogP contribution in [-0.4, -0.2) is 33.2 Å². The summed E-state index contributed by atoms with van der Waals surface area (Å²) in [4.78, 5) is 15.0. The normalized spacial score (nSPS) is 16.2. The lowest BCUT2D eigenvalue weighted by Crippen LogP contribution is -2.22. The second-order valence-electron chi connectivity index (χ2n) is 7.61. The van der Waals surface area contributed by atoms with E-state index in [-0.39, 0.29) is 18.1 Å². The number of aryl methyl sites for hydroxylation is 2. The van der Waals surface area contributed by atoms with Crippen LogP contribution in [0.5, 0.6) is 0 Å². The van der Waals surface area contributed by atoms with Crippen molar-refractivity contribution in [3.8, 4) is 0 Å². The van der Waals surface area contributed by atoms with E-state index in [1.807, 2.05) is 30.3 Å². The summed E-state index contributed by atoms with van der Waals surface area (Å²) in [6, 6.07) is 13.1. The van der Waals surface area contributed by atoms with Crippen molar-refractivity contribution < 1.29 is 13.2 Å². The van der Waals surface area contributed by atoms with Crippen molar-refractivity contribution in [3.05, 3.63) is 53.6 Å². The molecule has 2 aromatic carbocycles. The van der Waals surface area contributed by atoms with E-state index in [0.717, 1.165) is 62.1 Å². The average Bonchev–Trinajstić information content (AvgIpc) is 3.38. The number of amides is 1. The maximum atomic E-state index is 12.7. The van der Waals surface area contributed by atoms with Crippen molar-refractivity contribution in [1.82, 2.24) is 0 Å². The van der Waals surface area contributed by atoms with Crippen LogP contribution in [0.15, 0.2) is 47.4 Å². The van der Waals surface area contributed by atoms with E-state index in [4.69, 9.17) is 0 Å². The molecule has 1 aliphatic carbocycles. The molecule has 1 saturated heterocycles. The third kappa shape index (κ3) is 4.07. The Morgan fingerprint density at radius 1 is 0.964 bits per heavy atom. The van der Waals surface area contributed by atoms with Gasteiger partial charge in [-0.25, -0.2) is 8.42 Å². The van der Waals surface area contributed by atoms with Gasteiger partial charge in [-0.2, -0.15) is 0 Å². The van der Waals surface area contributed by atoms with Crippen LogP contribution in [0, 0.1) is 0 Å². The topological polar surface area (TPSA) is 66.5 Å². The van der Waals surface area contributed by atoms with Gasteiger partial charge in [0.2, 0.25) is 5.91 Å². The molecule has 5 nitrogen and oxygen atoms in total. The number of sulfone groups is 1. The molecule has 0 radical (unpaired) electrons. The summed E-state index contributed by atoms with van der Waals surface area (Å²) in [6.45, 7) is 1.97. The van der Waals surface area contributed by atoms with Crippen LogP contribution in [0.4, 0.5) is 11.4 Å². The summed E-state index contributed by atoms with van der Waals surface area (Å²) in [5, 5.41) is 2.91. The van der Waals surface area contributed by atoms with Gasteiger partial charge in [0.1, 0.15) is 0 Å². The number of hydrogen-bond acceptors (Lipinski definition) is 4.